The molecule has 1 amide bonds. The number of anilines is 1. The Bertz CT molecular complexity index is 1220. The number of hydrogen-bond acceptors (Lipinski definition) is 6. The van der Waals surface area contributed by atoms with Crippen LogP contribution in [0.3, 0.4) is 0 Å². The Kier molecular flexibility index (Phi) is 6.73. The van der Waals surface area contributed by atoms with Gasteiger partial charge >= 0.3 is 5.91 Å². The number of rotatable bonds is 8. The smallest absolute Gasteiger partial charge is 0.301 e. The molecule has 1 aliphatic rings. The lowest BCUT2D eigenvalue weighted by atomic mass is 9.95. The van der Waals surface area contributed by atoms with E-state index in [1.54, 1.807) is 79.0 Å². The van der Waals surface area contributed by atoms with Crippen molar-refractivity contribution < 1.29 is 24.2 Å². The van der Waals surface area contributed by atoms with E-state index >= 15 is 0 Å². The van der Waals surface area contributed by atoms with Gasteiger partial charge in [0, 0.05) is 11.8 Å². The zero-order valence-corrected chi connectivity index (χ0v) is 18.7. The van der Waals surface area contributed by atoms with Crippen molar-refractivity contribution in [2.75, 3.05) is 18.1 Å². The zero-order chi connectivity index (χ0) is 24.1. The maximum atomic E-state index is 13.2. The lowest BCUT2D eigenvalue weighted by Gasteiger charge is -2.24. The molecule has 172 valence electrons. The Labute approximate surface area is 197 Å². The van der Waals surface area contributed by atoms with Crippen molar-refractivity contribution in [1.29, 1.82) is 0 Å². The minimum Gasteiger partial charge on any atom is -0.507 e. The summed E-state index contributed by atoms with van der Waals surface area (Å²) in [6.45, 7) is 6.36. The maximum Gasteiger partial charge on any atom is 0.301 e. The van der Waals surface area contributed by atoms with Crippen molar-refractivity contribution in [3.63, 3.8) is 0 Å². The average molecular weight is 456 g/mol. The minimum absolute atomic E-state index is 0.0143. The van der Waals surface area contributed by atoms with Gasteiger partial charge in [0.15, 0.2) is 0 Å². The number of aromatic nitrogens is 1. The Hall–Kier alpha value is -4.39. The van der Waals surface area contributed by atoms with E-state index in [-0.39, 0.29) is 11.3 Å². The molecule has 2 aromatic carbocycles. The van der Waals surface area contributed by atoms with Crippen LogP contribution >= 0.6 is 0 Å². The molecule has 0 radical (unpaired) electrons. The molecule has 1 atom stereocenters. The van der Waals surface area contributed by atoms with E-state index in [1.807, 2.05) is 6.92 Å². The largest absolute Gasteiger partial charge is 0.507 e. The minimum atomic E-state index is -0.859. The second-order valence-electron chi connectivity index (χ2n) is 7.48. The fourth-order valence-electron chi connectivity index (χ4n) is 3.81. The Balaban J connectivity index is 1.82. The molecule has 4 rings (SSSR count). The second-order valence-corrected chi connectivity index (χ2v) is 7.48. The van der Waals surface area contributed by atoms with Crippen molar-refractivity contribution in [1.82, 2.24) is 4.98 Å². The summed E-state index contributed by atoms with van der Waals surface area (Å²) >= 11 is 0. The molecule has 3 aromatic rings. The van der Waals surface area contributed by atoms with Gasteiger partial charge in [-0.1, -0.05) is 30.9 Å². The lowest BCUT2D eigenvalue weighted by Crippen LogP contribution is -2.30. The first-order chi connectivity index (χ1) is 16.5. The van der Waals surface area contributed by atoms with Crippen molar-refractivity contribution >= 4 is 23.3 Å². The van der Waals surface area contributed by atoms with Gasteiger partial charge in [-0.15, -0.1) is 0 Å². The van der Waals surface area contributed by atoms with Gasteiger partial charge in [-0.25, -0.2) is 4.98 Å². The first-order valence-corrected chi connectivity index (χ1v) is 10.8. The van der Waals surface area contributed by atoms with Crippen LogP contribution in [-0.2, 0) is 9.59 Å². The summed E-state index contributed by atoms with van der Waals surface area (Å²) in [5.41, 5.74) is 1.02. The van der Waals surface area contributed by atoms with Gasteiger partial charge in [-0.3, -0.25) is 14.5 Å². The Morgan fingerprint density at radius 1 is 1.03 bits per heavy atom. The number of hydrogen-bond donors (Lipinski definition) is 1. The molecule has 0 unspecified atom stereocenters. The first kappa shape index (κ1) is 22.8. The van der Waals surface area contributed by atoms with E-state index in [9.17, 15) is 14.7 Å². The number of benzene rings is 2. The monoisotopic (exact) mass is 456 g/mol. The van der Waals surface area contributed by atoms with Crippen LogP contribution in [0.2, 0.25) is 0 Å². The molecule has 0 bridgehead atoms. The fourth-order valence-corrected chi connectivity index (χ4v) is 3.81. The third-order valence-corrected chi connectivity index (χ3v) is 5.34. The molecule has 2 heterocycles. The van der Waals surface area contributed by atoms with Crippen LogP contribution in [0.15, 0.2) is 91.2 Å². The van der Waals surface area contributed by atoms with Crippen molar-refractivity contribution in [2.24, 2.45) is 0 Å². The highest BCUT2D eigenvalue weighted by Crippen LogP contribution is 2.41. The molecule has 1 N–H and O–H groups in total. The van der Waals surface area contributed by atoms with E-state index < -0.39 is 17.7 Å². The highest BCUT2D eigenvalue weighted by molar-refractivity contribution is 6.51. The van der Waals surface area contributed by atoms with Crippen LogP contribution in [0.1, 0.15) is 24.1 Å². The van der Waals surface area contributed by atoms with Crippen molar-refractivity contribution in [3.8, 4) is 11.5 Å². The van der Waals surface area contributed by atoms with Gasteiger partial charge in [0.1, 0.15) is 29.7 Å². The summed E-state index contributed by atoms with van der Waals surface area (Å²) in [5, 5.41) is 11.2. The van der Waals surface area contributed by atoms with Gasteiger partial charge in [0.2, 0.25) is 0 Å². The van der Waals surface area contributed by atoms with Crippen LogP contribution in [-0.4, -0.2) is 35.0 Å². The number of ketones is 1. The van der Waals surface area contributed by atoms with Crippen molar-refractivity contribution in [2.45, 2.75) is 13.0 Å². The first-order valence-electron chi connectivity index (χ1n) is 10.8. The maximum absolute atomic E-state index is 13.2. The van der Waals surface area contributed by atoms with E-state index in [0.29, 0.717) is 41.7 Å². The van der Waals surface area contributed by atoms with E-state index in [4.69, 9.17) is 9.47 Å². The number of Topliss-reactive ketones (excluding diaryl/α,β-unsaturated/α-hetero) is 1. The second kappa shape index (κ2) is 10.0. The van der Waals surface area contributed by atoms with E-state index in [1.165, 1.54) is 4.90 Å². The predicted octanol–water partition coefficient (Wildman–Crippen LogP) is 4.67. The summed E-state index contributed by atoms with van der Waals surface area (Å²) in [7, 11) is 0. The SMILES string of the molecule is C=CCOc1ccc(C(O)=C2C(=O)C(=O)N(c3ccccn3)[C@H]2c2ccc(OCC)cc2)cc1. The quantitative estimate of drug-likeness (QED) is 0.229. The molecule has 34 heavy (non-hydrogen) atoms. The van der Waals surface area contributed by atoms with Crippen molar-refractivity contribution in [3.05, 3.63) is 102 Å². The van der Waals surface area contributed by atoms with Gasteiger partial charge in [-0.05, 0) is 61.0 Å². The normalized spacial score (nSPS) is 17.0. The lowest BCUT2D eigenvalue weighted by molar-refractivity contribution is -0.132. The summed E-state index contributed by atoms with van der Waals surface area (Å²) in [4.78, 5) is 31.9. The molecule has 1 fully saturated rings. The highest BCUT2D eigenvalue weighted by atomic mass is 16.5. The van der Waals surface area contributed by atoms with Gasteiger partial charge < -0.3 is 14.6 Å². The van der Waals surface area contributed by atoms with E-state index in [2.05, 4.69) is 11.6 Å². The third kappa shape index (κ3) is 4.41. The number of amides is 1. The summed E-state index contributed by atoms with van der Waals surface area (Å²) in [6.07, 6.45) is 3.18. The summed E-state index contributed by atoms with van der Waals surface area (Å²) in [6, 6.07) is 18.0. The van der Waals surface area contributed by atoms with Gasteiger partial charge in [0.05, 0.1) is 18.2 Å². The standard InChI is InChI=1S/C27H24N2O5/c1-3-17-34-21-14-10-19(11-15-21)25(30)23-24(18-8-12-20(13-9-18)33-4-2)29(27(32)26(23)31)22-7-5-6-16-28-22/h3,5-16,24,30H,1,4,17H2,2H3/t24-/m0/s1. The van der Waals surface area contributed by atoms with E-state index in [0.717, 1.165) is 0 Å². The van der Waals surface area contributed by atoms with Gasteiger partial charge in [-0.2, -0.15) is 0 Å². The molecular weight excluding hydrogens is 432 g/mol. The molecule has 1 aliphatic heterocycles. The summed E-state index contributed by atoms with van der Waals surface area (Å²) < 4.78 is 11.0. The number of nitrogens with zero attached hydrogens (tertiary/aromatic N) is 2. The predicted molar refractivity (Wildman–Crippen MR) is 129 cm³/mol. The third-order valence-electron chi connectivity index (χ3n) is 5.34. The molecule has 7 nitrogen and oxygen atoms in total. The summed E-state index contributed by atoms with van der Waals surface area (Å²) in [5.74, 6) is -0.245. The molecule has 0 spiro atoms. The fraction of sp³-hybridized carbons (Fsp3) is 0.148. The molecule has 1 aromatic heterocycles. The zero-order valence-electron chi connectivity index (χ0n) is 18.7. The number of pyridine rings is 1. The molecule has 0 aliphatic carbocycles. The number of ether oxygens (including phenoxy) is 2. The number of carbonyl (C=O) groups is 2. The van der Waals surface area contributed by atoms with Crippen LogP contribution in [0, 0.1) is 0 Å². The average Bonchev–Trinajstić information content (AvgIpc) is 3.14. The van der Waals surface area contributed by atoms with Crippen LogP contribution in [0.25, 0.3) is 5.76 Å². The molecule has 1 saturated heterocycles. The van der Waals surface area contributed by atoms with Crippen LogP contribution in [0.4, 0.5) is 5.82 Å². The number of carbonyl (C=O) groups excluding carboxylic acids is 2. The highest BCUT2D eigenvalue weighted by Gasteiger charge is 2.47. The number of aliphatic hydroxyl groups is 1. The van der Waals surface area contributed by atoms with Gasteiger partial charge in [0.25, 0.3) is 5.78 Å². The number of aliphatic hydroxyl groups excluding tert-OH is 1. The molecule has 0 saturated carbocycles. The Morgan fingerprint density at radius 2 is 1.71 bits per heavy atom. The molecule has 7 heteroatoms. The van der Waals surface area contributed by atoms with Crippen LogP contribution in [0.5, 0.6) is 11.5 Å². The Morgan fingerprint density at radius 3 is 2.32 bits per heavy atom. The van der Waals surface area contributed by atoms with Crippen LogP contribution < -0.4 is 14.4 Å². The topological polar surface area (TPSA) is 89.0 Å². The molecular formula is C27H24N2O5.